The third-order valence-electron chi connectivity index (χ3n) is 4.75. The van der Waals surface area contributed by atoms with Crippen molar-refractivity contribution in [2.24, 2.45) is 0 Å². The second-order valence-electron chi connectivity index (χ2n) is 5.87. The van der Waals surface area contributed by atoms with Gasteiger partial charge in [0.25, 0.3) is 0 Å². The van der Waals surface area contributed by atoms with Gasteiger partial charge in [-0.15, -0.1) is 0 Å². The number of para-hydroxylation sites is 2. The van der Waals surface area contributed by atoms with Gasteiger partial charge in [-0.1, -0.05) is 30.3 Å². The molecule has 2 aromatic carbocycles. The number of aromatic nitrogens is 1. The first kappa shape index (κ1) is 11.4. The zero-order valence-electron chi connectivity index (χ0n) is 11.8. The van der Waals surface area contributed by atoms with E-state index in [2.05, 4.69) is 57.7 Å². The minimum Gasteiger partial charge on any atom is -0.379 e. The molecule has 5 rings (SSSR count). The third kappa shape index (κ3) is 1.47. The Kier molecular flexibility index (Phi) is 2.24. The van der Waals surface area contributed by atoms with Gasteiger partial charge >= 0.3 is 0 Å². The Balaban J connectivity index is 1.98. The predicted octanol–water partition coefficient (Wildman–Crippen LogP) is 3.20. The first-order valence-electron chi connectivity index (χ1n) is 7.61. The SMILES string of the molecule is c1ccc2c(c1)CNc1cccc3c4c(n-2c13)CCNC4. The van der Waals surface area contributed by atoms with Gasteiger partial charge in [0.05, 0.1) is 16.9 Å². The quantitative estimate of drug-likeness (QED) is 0.659. The summed E-state index contributed by atoms with van der Waals surface area (Å²) in [6.07, 6.45) is 1.10. The highest BCUT2D eigenvalue weighted by Crippen LogP contribution is 2.38. The fourth-order valence-electron chi connectivity index (χ4n) is 3.81. The zero-order valence-corrected chi connectivity index (χ0v) is 11.8. The largest absolute Gasteiger partial charge is 0.379 e. The Bertz CT molecular complexity index is 860. The lowest BCUT2D eigenvalue weighted by atomic mass is 10.1. The second kappa shape index (κ2) is 4.12. The lowest BCUT2D eigenvalue weighted by molar-refractivity contribution is 0.631. The summed E-state index contributed by atoms with van der Waals surface area (Å²) in [4.78, 5) is 0. The number of anilines is 1. The summed E-state index contributed by atoms with van der Waals surface area (Å²) >= 11 is 0. The topological polar surface area (TPSA) is 29.0 Å². The Morgan fingerprint density at radius 2 is 1.90 bits per heavy atom. The number of benzene rings is 2. The molecule has 3 heterocycles. The highest BCUT2D eigenvalue weighted by Gasteiger charge is 2.24. The summed E-state index contributed by atoms with van der Waals surface area (Å²) in [6.45, 7) is 2.93. The van der Waals surface area contributed by atoms with Gasteiger partial charge in [0.15, 0.2) is 0 Å². The van der Waals surface area contributed by atoms with Crippen LogP contribution in [0.1, 0.15) is 16.8 Å². The van der Waals surface area contributed by atoms with Gasteiger partial charge in [0, 0.05) is 37.1 Å². The fourth-order valence-corrected chi connectivity index (χ4v) is 3.81. The molecule has 2 aliphatic heterocycles. The van der Waals surface area contributed by atoms with Crippen molar-refractivity contribution in [3.05, 3.63) is 59.3 Å². The minimum absolute atomic E-state index is 0.893. The van der Waals surface area contributed by atoms with E-state index in [-0.39, 0.29) is 0 Å². The smallest absolute Gasteiger partial charge is 0.0767 e. The maximum Gasteiger partial charge on any atom is 0.0767 e. The van der Waals surface area contributed by atoms with Crippen LogP contribution in [0.5, 0.6) is 0 Å². The van der Waals surface area contributed by atoms with Gasteiger partial charge in [-0.25, -0.2) is 0 Å². The summed E-state index contributed by atoms with van der Waals surface area (Å²) in [5.41, 5.74) is 8.24. The van der Waals surface area contributed by atoms with Crippen LogP contribution in [0.3, 0.4) is 0 Å². The van der Waals surface area contributed by atoms with E-state index in [9.17, 15) is 0 Å². The fraction of sp³-hybridized carbons (Fsp3) is 0.222. The van der Waals surface area contributed by atoms with Crippen LogP contribution in [0, 0.1) is 0 Å². The molecule has 3 heteroatoms. The van der Waals surface area contributed by atoms with E-state index in [0.29, 0.717) is 0 Å². The van der Waals surface area contributed by atoms with Gasteiger partial charge in [-0.2, -0.15) is 0 Å². The highest BCUT2D eigenvalue weighted by atomic mass is 15.1. The molecule has 0 spiro atoms. The van der Waals surface area contributed by atoms with E-state index >= 15 is 0 Å². The Morgan fingerprint density at radius 1 is 0.952 bits per heavy atom. The molecule has 0 saturated carbocycles. The van der Waals surface area contributed by atoms with Crippen LogP contribution in [0.4, 0.5) is 5.69 Å². The number of nitrogens with zero attached hydrogens (tertiary/aromatic N) is 1. The average Bonchev–Trinajstić information content (AvgIpc) is 2.78. The standard InChI is InChI=1S/C18H17N3/c1-2-7-16-12(4-1)10-20-15-6-3-5-13-14-11-19-9-8-17(14)21(16)18(13)15/h1-7,19-20H,8-11H2. The number of hydrogen-bond acceptors (Lipinski definition) is 2. The van der Waals surface area contributed by atoms with Crippen molar-refractivity contribution in [3.8, 4) is 5.69 Å². The van der Waals surface area contributed by atoms with Crippen molar-refractivity contribution in [1.29, 1.82) is 0 Å². The van der Waals surface area contributed by atoms with Crippen molar-refractivity contribution < 1.29 is 0 Å². The Labute approximate surface area is 123 Å². The van der Waals surface area contributed by atoms with Crippen LogP contribution in [0.15, 0.2) is 42.5 Å². The highest BCUT2D eigenvalue weighted by molar-refractivity contribution is 5.97. The maximum absolute atomic E-state index is 3.61. The molecule has 1 aromatic heterocycles. The lowest BCUT2D eigenvalue weighted by Gasteiger charge is -2.18. The molecule has 0 fully saturated rings. The van der Waals surface area contributed by atoms with Gasteiger partial charge in [-0.05, 0) is 23.3 Å². The van der Waals surface area contributed by atoms with Crippen molar-refractivity contribution in [3.63, 3.8) is 0 Å². The van der Waals surface area contributed by atoms with Gasteiger partial charge < -0.3 is 15.2 Å². The zero-order chi connectivity index (χ0) is 13.8. The van der Waals surface area contributed by atoms with E-state index < -0.39 is 0 Å². The lowest BCUT2D eigenvalue weighted by Crippen LogP contribution is -2.24. The van der Waals surface area contributed by atoms with Gasteiger partial charge in [0.1, 0.15) is 0 Å². The van der Waals surface area contributed by atoms with E-state index in [1.807, 2.05) is 0 Å². The molecule has 0 bridgehead atoms. The molecule has 21 heavy (non-hydrogen) atoms. The number of fused-ring (bicyclic) bond motifs is 5. The van der Waals surface area contributed by atoms with E-state index in [0.717, 1.165) is 26.1 Å². The molecule has 2 aliphatic rings. The normalized spacial score (nSPS) is 16.0. The number of nitrogens with one attached hydrogen (secondary N) is 2. The summed E-state index contributed by atoms with van der Waals surface area (Å²) in [6, 6.07) is 15.4. The molecule has 0 atom stereocenters. The van der Waals surface area contributed by atoms with Crippen LogP contribution in [-0.4, -0.2) is 11.1 Å². The molecule has 2 N–H and O–H groups in total. The molecule has 0 amide bonds. The Morgan fingerprint density at radius 3 is 2.90 bits per heavy atom. The average molecular weight is 275 g/mol. The molecular weight excluding hydrogens is 258 g/mol. The minimum atomic E-state index is 0.893. The molecule has 3 nitrogen and oxygen atoms in total. The van der Waals surface area contributed by atoms with Crippen LogP contribution >= 0.6 is 0 Å². The first-order valence-corrected chi connectivity index (χ1v) is 7.61. The van der Waals surface area contributed by atoms with E-state index in [4.69, 9.17) is 0 Å². The summed E-state index contributed by atoms with van der Waals surface area (Å²) in [7, 11) is 0. The van der Waals surface area contributed by atoms with Crippen LogP contribution in [0.2, 0.25) is 0 Å². The van der Waals surface area contributed by atoms with Crippen LogP contribution in [-0.2, 0) is 19.5 Å². The predicted molar refractivity (Wildman–Crippen MR) is 86.0 cm³/mol. The van der Waals surface area contributed by atoms with Gasteiger partial charge in [0.2, 0.25) is 0 Å². The molecule has 3 aromatic rings. The van der Waals surface area contributed by atoms with Crippen molar-refractivity contribution >= 4 is 16.6 Å². The molecule has 0 radical (unpaired) electrons. The first-order chi connectivity index (χ1) is 10.4. The molecular formula is C18H17N3. The molecule has 0 aliphatic carbocycles. The van der Waals surface area contributed by atoms with Crippen LogP contribution < -0.4 is 10.6 Å². The summed E-state index contributed by atoms with van der Waals surface area (Å²) in [5, 5.41) is 8.52. The number of rotatable bonds is 0. The molecule has 0 saturated heterocycles. The third-order valence-corrected chi connectivity index (χ3v) is 4.75. The Hall–Kier alpha value is -2.26. The second-order valence-corrected chi connectivity index (χ2v) is 5.87. The van der Waals surface area contributed by atoms with E-state index in [1.165, 1.54) is 39.1 Å². The number of hydrogen-bond donors (Lipinski definition) is 2. The van der Waals surface area contributed by atoms with Crippen LogP contribution in [0.25, 0.3) is 16.6 Å². The summed E-state index contributed by atoms with van der Waals surface area (Å²) in [5.74, 6) is 0. The van der Waals surface area contributed by atoms with Crippen molar-refractivity contribution in [2.75, 3.05) is 11.9 Å². The summed E-state index contributed by atoms with van der Waals surface area (Å²) < 4.78 is 2.50. The van der Waals surface area contributed by atoms with Crippen molar-refractivity contribution in [2.45, 2.75) is 19.5 Å². The maximum atomic E-state index is 3.61. The van der Waals surface area contributed by atoms with E-state index in [1.54, 1.807) is 0 Å². The van der Waals surface area contributed by atoms with Crippen molar-refractivity contribution in [1.82, 2.24) is 9.88 Å². The molecule has 104 valence electrons. The molecule has 0 unspecified atom stereocenters. The monoisotopic (exact) mass is 275 g/mol. The van der Waals surface area contributed by atoms with Gasteiger partial charge in [-0.3, -0.25) is 0 Å².